The van der Waals surface area contributed by atoms with Crippen molar-refractivity contribution < 1.29 is 9.59 Å². The zero-order valence-corrected chi connectivity index (χ0v) is 11.4. The molecule has 0 unspecified atom stereocenters. The van der Waals surface area contributed by atoms with Gasteiger partial charge in [-0.3, -0.25) is 14.9 Å². The van der Waals surface area contributed by atoms with Gasteiger partial charge in [-0.1, -0.05) is 29.2 Å². The molecular weight excluding hydrogens is 292 g/mol. The first-order valence-electron chi connectivity index (χ1n) is 4.74. The van der Waals surface area contributed by atoms with Crippen LogP contribution in [-0.2, 0) is 4.79 Å². The van der Waals surface area contributed by atoms with Crippen LogP contribution in [0.25, 0.3) is 0 Å². The Balaban J connectivity index is 1.94. The number of thiophene rings is 1. The summed E-state index contributed by atoms with van der Waals surface area (Å²) < 4.78 is 0.593. The van der Waals surface area contributed by atoms with Crippen molar-refractivity contribution in [1.82, 2.24) is 10.2 Å². The van der Waals surface area contributed by atoms with Gasteiger partial charge in [0.15, 0.2) is 4.34 Å². The van der Waals surface area contributed by atoms with Crippen molar-refractivity contribution in [2.45, 2.75) is 4.34 Å². The maximum absolute atomic E-state index is 11.7. The van der Waals surface area contributed by atoms with E-state index in [0.29, 0.717) is 14.3 Å². The minimum atomic E-state index is -0.417. The molecule has 0 saturated heterocycles. The molecule has 0 saturated carbocycles. The van der Waals surface area contributed by atoms with Crippen LogP contribution in [0.15, 0.2) is 21.9 Å². The summed E-state index contributed by atoms with van der Waals surface area (Å²) in [6.45, 7) is 0. The summed E-state index contributed by atoms with van der Waals surface area (Å²) in [5.41, 5.74) is 5.02. The van der Waals surface area contributed by atoms with E-state index in [1.807, 2.05) is 5.38 Å². The van der Waals surface area contributed by atoms with E-state index in [4.69, 9.17) is 5.73 Å². The molecule has 6 nitrogen and oxygen atoms in total. The number of hydrogen-bond acceptors (Lipinski definition) is 7. The van der Waals surface area contributed by atoms with Crippen LogP contribution in [0.3, 0.4) is 0 Å². The lowest BCUT2D eigenvalue weighted by molar-refractivity contribution is -0.115. The van der Waals surface area contributed by atoms with E-state index in [2.05, 4.69) is 15.5 Å². The summed E-state index contributed by atoms with van der Waals surface area (Å²) in [5.74, 6) is -0.486. The molecule has 2 amide bonds. The molecule has 0 aliphatic rings. The van der Waals surface area contributed by atoms with E-state index >= 15 is 0 Å². The number of hydrogen-bond donors (Lipinski definition) is 2. The van der Waals surface area contributed by atoms with Crippen LogP contribution in [0.1, 0.15) is 9.67 Å². The smallest absolute Gasteiger partial charge is 0.267 e. The first-order chi connectivity index (χ1) is 8.65. The molecule has 9 heteroatoms. The lowest BCUT2D eigenvalue weighted by atomic mass is 10.4. The number of rotatable bonds is 5. The highest BCUT2D eigenvalue weighted by molar-refractivity contribution is 8.01. The van der Waals surface area contributed by atoms with Gasteiger partial charge in [-0.15, -0.1) is 21.5 Å². The van der Waals surface area contributed by atoms with Crippen molar-refractivity contribution in [3.8, 4) is 0 Å². The van der Waals surface area contributed by atoms with E-state index in [0.717, 1.165) is 0 Å². The summed E-state index contributed by atoms with van der Waals surface area (Å²) in [6, 6.07) is 3.53. The maximum atomic E-state index is 11.7. The number of aromatic nitrogens is 2. The molecule has 0 radical (unpaired) electrons. The highest BCUT2D eigenvalue weighted by atomic mass is 32.2. The average Bonchev–Trinajstić information content (AvgIpc) is 2.97. The topological polar surface area (TPSA) is 98.0 Å². The van der Waals surface area contributed by atoms with Gasteiger partial charge in [0.2, 0.25) is 11.0 Å². The van der Waals surface area contributed by atoms with Crippen molar-refractivity contribution in [3.05, 3.63) is 22.4 Å². The fraction of sp³-hybridized carbons (Fsp3) is 0.111. The Labute approximate surface area is 115 Å². The quantitative estimate of drug-likeness (QED) is 0.643. The second-order valence-electron chi connectivity index (χ2n) is 3.06. The number of anilines is 1. The first kappa shape index (κ1) is 13.0. The molecular formula is C9H8N4O2S3. The summed E-state index contributed by atoms with van der Waals surface area (Å²) in [4.78, 5) is 22.9. The van der Waals surface area contributed by atoms with Crippen LogP contribution in [0.2, 0.25) is 0 Å². The fourth-order valence-electron chi connectivity index (χ4n) is 1.02. The molecule has 94 valence electrons. The van der Waals surface area contributed by atoms with Gasteiger partial charge in [-0.25, -0.2) is 0 Å². The molecule has 0 aliphatic heterocycles. The predicted octanol–water partition coefficient (Wildman–Crippen LogP) is 1.43. The van der Waals surface area contributed by atoms with E-state index in [1.165, 1.54) is 34.4 Å². The minimum absolute atomic E-state index is 0.146. The van der Waals surface area contributed by atoms with E-state index < -0.39 is 5.91 Å². The van der Waals surface area contributed by atoms with Gasteiger partial charge in [0, 0.05) is 0 Å². The van der Waals surface area contributed by atoms with Crippen molar-refractivity contribution in [2.24, 2.45) is 5.73 Å². The number of primary amides is 1. The predicted molar refractivity (Wildman–Crippen MR) is 72.1 cm³/mol. The van der Waals surface area contributed by atoms with Gasteiger partial charge in [-0.2, -0.15) is 0 Å². The average molecular weight is 300 g/mol. The van der Waals surface area contributed by atoms with Crippen LogP contribution in [-0.4, -0.2) is 27.8 Å². The highest BCUT2D eigenvalue weighted by Crippen LogP contribution is 2.25. The summed E-state index contributed by atoms with van der Waals surface area (Å²) in [6.07, 6.45) is 0. The highest BCUT2D eigenvalue weighted by Gasteiger charge is 2.11. The largest absolute Gasteiger partial charge is 0.369 e. The monoisotopic (exact) mass is 300 g/mol. The molecule has 0 aliphatic carbocycles. The standard InChI is InChI=1S/C9H8N4O2S3/c10-6(14)4-17-9-13-12-8(18-9)11-7(15)5-2-1-3-16-5/h1-3H,4H2,(H2,10,14)(H,11,12,15). The van der Waals surface area contributed by atoms with E-state index in [-0.39, 0.29) is 11.7 Å². The maximum Gasteiger partial charge on any atom is 0.267 e. The summed E-state index contributed by atoms with van der Waals surface area (Å²) in [7, 11) is 0. The van der Waals surface area contributed by atoms with E-state index in [1.54, 1.807) is 12.1 Å². The van der Waals surface area contributed by atoms with Crippen molar-refractivity contribution in [3.63, 3.8) is 0 Å². The molecule has 0 aromatic carbocycles. The summed E-state index contributed by atoms with van der Waals surface area (Å²) in [5, 5.41) is 12.5. The third-order valence-electron chi connectivity index (χ3n) is 1.71. The van der Waals surface area contributed by atoms with Crippen molar-refractivity contribution in [2.75, 3.05) is 11.1 Å². The van der Waals surface area contributed by atoms with Crippen LogP contribution < -0.4 is 11.1 Å². The molecule has 0 atom stereocenters. The van der Waals surface area contributed by atoms with Crippen LogP contribution in [0.5, 0.6) is 0 Å². The Morgan fingerprint density at radius 1 is 1.44 bits per heavy atom. The lowest BCUT2D eigenvalue weighted by Gasteiger charge is -1.96. The lowest BCUT2D eigenvalue weighted by Crippen LogP contribution is -2.12. The third kappa shape index (κ3) is 3.52. The number of nitrogens with one attached hydrogen (secondary N) is 1. The molecule has 2 aromatic rings. The Hall–Kier alpha value is -1.45. The van der Waals surface area contributed by atoms with Gasteiger partial charge in [0.25, 0.3) is 5.91 Å². The van der Waals surface area contributed by atoms with Gasteiger partial charge in [0.05, 0.1) is 10.6 Å². The number of nitrogens with two attached hydrogens (primary N) is 1. The van der Waals surface area contributed by atoms with Gasteiger partial charge in [0.1, 0.15) is 0 Å². The summed E-state index contributed by atoms with van der Waals surface area (Å²) >= 11 is 3.75. The number of thioether (sulfide) groups is 1. The normalized spacial score (nSPS) is 10.2. The molecule has 2 heterocycles. The number of amides is 2. The second-order valence-corrected chi connectivity index (χ2v) is 6.21. The Bertz CT molecular complexity index is 552. The minimum Gasteiger partial charge on any atom is -0.369 e. The van der Waals surface area contributed by atoms with Gasteiger partial charge in [-0.05, 0) is 11.4 Å². The van der Waals surface area contributed by atoms with Crippen molar-refractivity contribution in [1.29, 1.82) is 0 Å². The molecule has 0 spiro atoms. The Kier molecular flexibility index (Phi) is 4.28. The zero-order chi connectivity index (χ0) is 13.0. The second kappa shape index (κ2) is 5.94. The first-order valence-corrected chi connectivity index (χ1v) is 7.43. The molecule has 2 aromatic heterocycles. The zero-order valence-electron chi connectivity index (χ0n) is 8.95. The molecule has 18 heavy (non-hydrogen) atoms. The number of carbonyl (C=O) groups excluding carboxylic acids is 2. The van der Waals surface area contributed by atoms with Gasteiger partial charge < -0.3 is 5.73 Å². The Morgan fingerprint density at radius 3 is 2.94 bits per heavy atom. The fourth-order valence-corrected chi connectivity index (χ4v) is 3.12. The van der Waals surface area contributed by atoms with Crippen LogP contribution in [0, 0.1) is 0 Å². The van der Waals surface area contributed by atoms with Crippen LogP contribution >= 0.6 is 34.4 Å². The van der Waals surface area contributed by atoms with Gasteiger partial charge >= 0.3 is 0 Å². The molecule has 0 bridgehead atoms. The Morgan fingerprint density at radius 2 is 2.28 bits per heavy atom. The number of carbonyl (C=O) groups is 2. The molecule has 2 rings (SSSR count). The molecule has 0 fully saturated rings. The SMILES string of the molecule is NC(=O)CSc1nnc(NC(=O)c2cccs2)s1. The molecule has 3 N–H and O–H groups in total. The van der Waals surface area contributed by atoms with E-state index in [9.17, 15) is 9.59 Å². The van der Waals surface area contributed by atoms with Crippen LogP contribution in [0.4, 0.5) is 5.13 Å². The third-order valence-corrected chi connectivity index (χ3v) is 4.57. The van der Waals surface area contributed by atoms with Crippen molar-refractivity contribution >= 4 is 51.4 Å². The number of nitrogens with zero attached hydrogens (tertiary/aromatic N) is 2.